The summed E-state index contributed by atoms with van der Waals surface area (Å²) < 4.78 is 5.31. The Bertz CT molecular complexity index is 1030. The molecule has 1 amide bonds. The number of carbonyl (C=O) groups excluding carboxylic acids is 1. The van der Waals surface area contributed by atoms with Crippen LogP contribution in [0.5, 0.6) is 5.75 Å². The molecule has 0 aromatic heterocycles. The van der Waals surface area contributed by atoms with Crippen molar-refractivity contribution in [1.29, 1.82) is 0 Å². The second-order valence-corrected chi connectivity index (χ2v) is 6.26. The Morgan fingerprint density at radius 2 is 1.76 bits per heavy atom. The Hall–Kier alpha value is -3.93. The molecule has 6 heteroatoms. The molecule has 6 nitrogen and oxygen atoms in total. The van der Waals surface area contributed by atoms with Gasteiger partial charge in [0.25, 0.3) is 11.6 Å². The van der Waals surface area contributed by atoms with Gasteiger partial charge in [-0.15, -0.1) is 0 Å². The second kappa shape index (κ2) is 9.32. The molecule has 0 aliphatic heterocycles. The van der Waals surface area contributed by atoms with Gasteiger partial charge in [-0.3, -0.25) is 14.9 Å². The number of nitro benzene ring substituents is 1. The van der Waals surface area contributed by atoms with Crippen LogP contribution in [-0.2, 0) is 11.3 Å². The van der Waals surface area contributed by atoms with Crippen LogP contribution in [0.15, 0.2) is 84.9 Å². The summed E-state index contributed by atoms with van der Waals surface area (Å²) in [6.45, 7) is 0.289. The number of benzene rings is 3. The van der Waals surface area contributed by atoms with Gasteiger partial charge in [-0.25, -0.2) is 0 Å². The molecule has 0 fully saturated rings. The maximum absolute atomic E-state index is 13.0. The lowest BCUT2D eigenvalue weighted by molar-refractivity contribution is -0.384. The van der Waals surface area contributed by atoms with Crippen LogP contribution in [0.2, 0.25) is 0 Å². The Balaban J connectivity index is 1.94. The van der Waals surface area contributed by atoms with Crippen molar-refractivity contribution in [3.8, 4) is 5.75 Å². The molecule has 3 aromatic carbocycles. The van der Waals surface area contributed by atoms with Gasteiger partial charge >= 0.3 is 0 Å². The van der Waals surface area contributed by atoms with Crippen molar-refractivity contribution in [2.24, 2.45) is 0 Å². The van der Waals surface area contributed by atoms with Crippen molar-refractivity contribution in [1.82, 2.24) is 0 Å². The van der Waals surface area contributed by atoms with Crippen LogP contribution in [0.1, 0.15) is 11.1 Å². The molecule has 3 aromatic rings. The number of nitro groups is 1. The van der Waals surface area contributed by atoms with Crippen LogP contribution in [0.25, 0.3) is 6.08 Å². The summed E-state index contributed by atoms with van der Waals surface area (Å²) in [6, 6.07) is 22.9. The van der Waals surface area contributed by atoms with Gasteiger partial charge in [0.1, 0.15) is 5.75 Å². The molecular formula is C23H20N2O4. The van der Waals surface area contributed by atoms with E-state index in [-0.39, 0.29) is 18.1 Å². The molecule has 0 N–H and O–H groups in total. The Morgan fingerprint density at radius 1 is 1.03 bits per heavy atom. The fourth-order valence-corrected chi connectivity index (χ4v) is 2.89. The maximum atomic E-state index is 13.0. The molecule has 0 atom stereocenters. The highest BCUT2D eigenvalue weighted by Gasteiger charge is 2.17. The fourth-order valence-electron chi connectivity index (χ4n) is 2.89. The Labute approximate surface area is 168 Å². The summed E-state index contributed by atoms with van der Waals surface area (Å²) in [7, 11) is 1.57. The molecule has 0 radical (unpaired) electrons. The molecule has 0 heterocycles. The summed E-state index contributed by atoms with van der Waals surface area (Å²) in [6.07, 6.45) is 3.12. The molecule has 0 aliphatic rings. The van der Waals surface area contributed by atoms with E-state index in [1.165, 1.54) is 23.1 Å². The Morgan fingerprint density at radius 3 is 2.48 bits per heavy atom. The largest absolute Gasteiger partial charge is 0.496 e. The molecule has 0 saturated heterocycles. The predicted molar refractivity (Wildman–Crippen MR) is 113 cm³/mol. The first-order valence-corrected chi connectivity index (χ1v) is 8.99. The zero-order chi connectivity index (χ0) is 20.6. The molecule has 0 spiro atoms. The number of hydrogen-bond acceptors (Lipinski definition) is 4. The first kappa shape index (κ1) is 19.8. The van der Waals surface area contributed by atoms with Gasteiger partial charge in [0.15, 0.2) is 0 Å². The number of hydrogen-bond donors (Lipinski definition) is 0. The number of nitrogens with zero attached hydrogens (tertiary/aromatic N) is 2. The van der Waals surface area contributed by atoms with Gasteiger partial charge in [0, 0.05) is 23.8 Å². The minimum atomic E-state index is -0.473. The summed E-state index contributed by atoms with van der Waals surface area (Å²) >= 11 is 0. The zero-order valence-electron chi connectivity index (χ0n) is 15.9. The van der Waals surface area contributed by atoms with E-state index in [1.54, 1.807) is 25.3 Å². The molecular weight excluding hydrogens is 368 g/mol. The molecule has 29 heavy (non-hydrogen) atoms. The average Bonchev–Trinajstić information content (AvgIpc) is 2.76. The number of para-hydroxylation sites is 1. The van der Waals surface area contributed by atoms with Crippen molar-refractivity contribution >= 4 is 23.4 Å². The van der Waals surface area contributed by atoms with Gasteiger partial charge in [0.05, 0.1) is 24.3 Å². The quantitative estimate of drug-likeness (QED) is 0.329. The lowest BCUT2D eigenvalue weighted by Gasteiger charge is -2.21. The van der Waals surface area contributed by atoms with Crippen LogP contribution in [-0.4, -0.2) is 17.9 Å². The van der Waals surface area contributed by atoms with E-state index in [4.69, 9.17) is 4.74 Å². The molecule has 3 rings (SSSR count). The van der Waals surface area contributed by atoms with Gasteiger partial charge in [0.2, 0.25) is 0 Å². The average molecular weight is 388 g/mol. The third kappa shape index (κ3) is 5.07. The van der Waals surface area contributed by atoms with Crippen LogP contribution < -0.4 is 9.64 Å². The first-order valence-electron chi connectivity index (χ1n) is 8.99. The third-order valence-corrected chi connectivity index (χ3v) is 4.35. The predicted octanol–water partition coefficient (Wildman–Crippen LogP) is 4.85. The smallest absolute Gasteiger partial charge is 0.271 e. The number of non-ortho nitro benzene ring substituents is 1. The van der Waals surface area contributed by atoms with Gasteiger partial charge in [-0.1, -0.05) is 54.6 Å². The number of methoxy groups -OCH3 is 1. The highest BCUT2D eigenvalue weighted by Crippen LogP contribution is 2.24. The molecule has 0 unspecified atom stereocenters. The summed E-state index contributed by atoms with van der Waals surface area (Å²) in [5.41, 5.74) is 2.07. The van der Waals surface area contributed by atoms with E-state index in [1.807, 2.05) is 54.6 Å². The van der Waals surface area contributed by atoms with E-state index in [2.05, 4.69) is 0 Å². The van der Waals surface area contributed by atoms with Crippen molar-refractivity contribution in [2.45, 2.75) is 6.54 Å². The number of amides is 1. The van der Waals surface area contributed by atoms with Gasteiger partial charge in [-0.05, 0) is 23.8 Å². The molecule has 0 aliphatic carbocycles. The highest BCUT2D eigenvalue weighted by molar-refractivity contribution is 6.04. The maximum Gasteiger partial charge on any atom is 0.271 e. The number of rotatable bonds is 7. The van der Waals surface area contributed by atoms with Crippen molar-refractivity contribution in [2.75, 3.05) is 12.0 Å². The summed E-state index contributed by atoms with van der Waals surface area (Å²) in [5, 5.41) is 11.2. The number of carbonyl (C=O) groups is 1. The topological polar surface area (TPSA) is 72.7 Å². The van der Waals surface area contributed by atoms with Crippen LogP contribution >= 0.6 is 0 Å². The van der Waals surface area contributed by atoms with Gasteiger partial charge < -0.3 is 9.64 Å². The second-order valence-electron chi connectivity index (χ2n) is 6.26. The normalized spacial score (nSPS) is 10.7. The van der Waals surface area contributed by atoms with Crippen LogP contribution in [0.4, 0.5) is 11.4 Å². The van der Waals surface area contributed by atoms with E-state index in [9.17, 15) is 14.9 Å². The molecule has 0 saturated carbocycles. The van der Waals surface area contributed by atoms with Crippen LogP contribution in [0, 0.1) is 10.1 Å². The minimum Gasteiger partial charge on any atom is -0.496 e. The SMILES string of the molecule is COc1ccccc1C=CC(=O)N(Cc1ccccc1)c1cccc([N+](=O)[O-])c1. The van der Waals surface area contributed by atoms with Crippen LogP contribution in [0.3, 0.4) is 0 Å². The van der Waals surface area contributed by atoms with E-state index < -0.39 is 4.92 Å². The monoisotopic (exact) mass is 388 g/mol. The lowest BCUT2D eigenvalue weighted by atomic mass is 10.1. The number of anilines is 1. The van der Waals surface area contributed by atoms with E-state index in [0.717, 1.165) is 11.1 Å². The first-order chi connectivity index (χ1) is 14.1. The summed E-state index contributed by atoms with van der Waals surface area (Å²) in [5.74, 6) is 0.363. The van der Waals surface area contributed by atoms with E-state index >= 15 is 0 Å². The fraction of sp³-hybridized carbons (Fsp3) is 0.0870. The molecule has 146 valence electrons. The van der Waals surface area contributed by atoms with Crippen molar-refractivity contribution < 1.29 is 14.5 Å². The van der Waals surface area contributed by atoms with Crippen molar-refractivity contribution in [3.05, 3.63) is 106 Å². The third-order valence-electron chi connectivity index (χ3n) is 4.35. The highest BCUT2D eigenvalue weighted by atomic mass is 16.6. The summed E-state index contributed by atoms with van der Waals surface area (Å²) in [4.78, 5) is 25.2. The Kier molecular flexibility index (Phi) is 6.37. The minimum absolute atomic E-state index is 0.0675. The van der Waals surface area contributed by atoms with Gasteiger partial charge in [-0.2, -0.15) is 0 Å². The standard InChI is InChI=1S/C23H20N2O4/c1-29-22-13-6-5-10-19(22)14-15-23(26)24(17-18-8-3-2-4-9-18)20-11-7-12-21(16-20)25(27)28/h2-16H,17H2,1H3. The zero-order valence-corrected chi connectivity index (χ0v) is 15.9. The lowest BCUT2D eigenvalue weighted by Crippen LogP contribution is -2.28. The van der Waals surface area contributed by atoms with Crippen molar-refractivity contribution in [3.63, 3.8) is 0 Å². The number of ether oxygens (including phenoxy) is 1. The van der Waals surface area contributed by atoms with E-state index in [0.29, 0.717) is 11.4 Å². The molecule has 0 bridgehead atoms.